The molecule has 0 aromatic heterocycles. The molecule has 48 valence electrons. The largest absolute Gasteiger partial charge is 0.153 e. The van der Waals surface area contributed by atoms with Crippen molar-refractivity contribution in [2.75, 3.05) is 11.5 Å². The molecular formula is C7H14S. The van der Waals surface area contributed by atoms with Crippen LogP contribution in [0.5, 0.6) is 0 Å². The minimum atomic E-state index is 1.24. The van der Waals surface area contributed by atoms with Crippen molar-refractivity contribution >= 4 is 11.8 Å². The summed E-state index contributed by atoms with van der Waals surface area (Å²) in [5, 5.41) is 0. The second kappa shape index (κ2) is 5.23. The van der Waals surface area contributed by atoms with Gasteiger partial charge in [0.05, 0.1) is 0 Å². The maximum Gasteiger partial charge on any atom is 0.0143 e. The van der Waals surface area contributed by atoms with Crippen LogP contribution in [0.3, 0.4) is 0 Å². The quantitative estimate of drug-likeness (QED) is 0.454. The Bertz CT molecular complexity index is 74.5. The predicted octanol–water partition coefficient (Wildman–Crippen LogP) is 2.71. The van der Waals surface area contributed by atoms with E-state index in [2.05, 4.69) is 13.0 Å². The van der Waals surface area contributed by atoms with Crippen molar-refractivity contribution in [3.63, 3.8) is 0 Å². The summed E-state index contributed by atoms with van der Waals surface area (Å²) in [5.74, 6) is 2.51. The lowest BCUT2D eigenvalue weighted by Gasteiger charge is -1.79. The van der Waals surface area contributed by atoms with Crippen molar-refractivity contribution in [1.82, 2.24) is 0 Å². The second-order valence-corrected chi connectivity index (χ2v) is 2.60. The van der Waals surface area contributed by atoms with Crippen LogP contribution < -0.4 is 0 Å². The molecule has 0 aliphatic carbocycles. The Morgan fingerprint density at radius 2 is 2.12 bits per heavy atom. The van der Waals surface area contributed by atoms with Crippen LogP contribution in [0, 0.1) is 0 Å². The van der Waals surface area contributed by atoms with Gasteiger partial charge in [-0.15, -0.1) is 0 Å². The summed E-state index contributed by atoms with van der Waals surface area (Å²) in [6, 6.07) is 0. The molecule has 0 aromatic rings. The molecule has 0 radical (unpaired) electrons. The molecule has 0 saturated heterocycles. The first-order valence-electron chi connectivity index (χ1n) is 3.13. The van der Waals surface area contributed by atoms with E-state index in [1.54, 1.807) is 5.57 Å². The van der Waals surface area contributed by atoms with Crippen molar-refractivity contribution < 1.29 is 0 Å². The zero-order chi connectivity index (χ0) is 6.41. The highest BCUT2D eigenvalue weighted by atomic mass is 32.2. The molecule has 0 aromatic carbocycles. The molecule has 0 saturated carbocycles. The van der Waals surface area contributed by atoms with Gasteiger partial charge < -0.3 is 0 Å². The Labute approximate surface area is 56.4 Å². The minimum absolute atomic E-state index is 1.24. The fraction of sp³-hybridized carbons (Fsp3) is 0.714. The van der Waals surface area contributed by atoms with Crippen LogP contribution in [-0.4, -0.2) is 11.5 Å². The molecule has 0 unspecified atom stereocenters. The summed E-state index contributed by atoms with van der Waals surface area (Å²) in [5.41, 5.74) is 1.54. The van der Waals surface area contributed by atoms with Gasteiger partial charge in [0, 0.05) is 11.5 Å². The number of hydrogen-bond acceptors (Lipinski definition) is 1. The van der Waals surface area contributed by atoms with Crippen LogP contribution in [0.15, 0.2) is 11.6 Å². The second-order valence-electron chi connectivity index (χ2n) is 1.57. The van der Waals surface area contributed by atoms with E-state index in [1.165, 1.54) is 11.5 Å². The van der Waals surface area contributed by atoms with Crippen molar-refractivity contribution in [1.29, 1.82) is 0 Å². The zero-order valence-electron chi connectivity index (χ0n) is 5.90. The molecule has 0 fully saturated rings. The van der Waals surface area contributed by atoms with Crippen molar-refractivity contribution in [3.05, 3.63) is 11.6 Å². The van der Waals surface area contributed by atoms with Gasteiger partial charge >= 0.3 is 0 Å². The van der Waals surface area contributed by atoms with E-state index < -0.39 is 0 Å². The van der Waals surface area contributed by atoms with Gasteiger partial charge in [-0.1, -0.05) is 25.5 Å². The average molecular weight is 130 g/mol. The summed E-state index contributed by atoms with van der Waals surface area (Å²) in [4.78, 5) is 0. The van der Waals surface area contributed by atoms with Crippen LogP contribution in [0.1, 0.15) is 20.8 Å². The molecule has 1 heterocycles. The van der Waals surface area contributed by atoms with Crippen LogP contribution in [0.2, 0.25) is 0 Å². The molecule has 0 amide bonds. The Balaban J connectivity index is 0.000000222. The lowest BCUT2D eigenvalue weighted by Crippen LogP contribution is -1.66. The molecule has 1 aliphatic heterocycles. The topological polar surface area (TPSA) is 0 Å². The van der Waals surface area contributed by atoms with Crippen molar-refractivity contribution in [2.45, 2.75) is 20.8 Å². The monoisotopic (exact) mass is 130 g/mol. The third-order valence-electron chi connectivity index (χ3n) is 0.879. The van der Waals surface area contributed by atoms with Crippen LogP contribution in [-0.2, 0) is 0 Å². The van der Waals surface area contributed by atoms with Crippen LogP contribution >= 0.6 is 11.8 Å². The van der Waals surface area contributed by atoms with Crippen molar-refractivity contribution in [2.24, 2.45) is 0 Å². The van der Waals surface area contributed by atoms with Gasteiger partial charge in [0.1, 0.15) is 0 Å². The van der Waals surface area contributed by atoms with Crippen molar-refractivity contribution in [3.8, 4) is 0 Å². The lowest BCUT2D eigenvalue weighted by molar-refractivity contribution is 1.43. The first kappa shape index (κ1) is 8.09. The summed E-state index contributed by atoms with van der Waals surface area (Å²) in [6.07, 6.45) is 2.28. The molecule has 1 rings (SSSR count). The maximum absolute atomic E-state index is 2.28. The van der Waals surface area contributed by atoms with Crippen LogP contribution in [0.4, 0.5) is 0 Å². The first-order chi connectivity index (χ1) is 3.89. The fourth-order valence-corrected chi connectivity index (χ4v) is 1.44. The molecule has 0 bridgehead atoms. The van der Waals surface area contributed by atoms with Gasteiger partial charge in [-0.3, -0.25) is 0 Å². The number of hydrogen-bond donors (Lipinski definition) is 0. The standard InChI is InChI=1S/C5H8S.C2H6/c1-5-2-3-6-4-5;1-2/h2H,3-4H2,1H3;1-2H3. The molecular weight excluding hydrogens is 116 g/mol. The number of thioether (sulfide) groups is 1. The highest BCUT2D eigenvalue weighted by Crippen LogP contribution is 2.14. The van der Waals surface area contributed by atoms with E-state index in [4.69, 9.17) is 0 Å². The summed E-state index contributed by atoms with van der Waals surface area (Å²) in [6.45, 7) is 6.18. The molecule has 0 atom stereocenters. The molecule has 0 N–H and O–H groups in total. The molecule has 0 spiro atoms. The Morgan fingerprint density at radius 3 is 2.25 bits per heavy atom. The van der Waals surface area contributed by atoms with E-state index in [0.29, 0.717) is 0 Å². The Kier molecular flexibility index (Phi) is 5.29. The van der Waals surface area contributed by atoms with E-state index in [0.717, 1.165) is 0 Å². The normalized spacial score (nSPS) is 16.6. The molecule has 8 heavy (non-hydrogen) atoms. The third-order valence-corrected chi connectivity index (χ3v) is 1.94. The molecule has 1 aliphatic rings. The highest BCUT2D eigenvalue weighted by molar-refractivity contribution is 7.99. The van der Waals surface area contributed by atoms with Gasteiger partial charge in [-0.05, 0) is 6.92 Å². The van der Waals surface area contributed by atoms with Gasteiger partial charge in [-0.2, -0.15) is 11.8 Å². The third kappa shape index (κ3) is 3.14. The zero-order valence-corrected chi connectivity index (χ0v) is 6.72. The summed E-state index contributed by atoms with van der Waals surface area (Å²) in [7, 11) is 0. The van der Waals surface area contributed by atoms with Gasteiger partial charge in [0.15, 0.2) is 0 Å². The molecule has 1 heteroatoms. The summed E-state index contributed by atoms with van der Waals surface area (Å²) < 4.78 is 0. The van der Waals surface area contributed by atoms with Gasteiger partial charge in [0.2, 0.25) is 0 Å². The summed E-state index contributed by atoms with van der Waals surface area (Å²) >= 11 is 1.99. The van der Waals surface area contributed by atoms with Gasteiger partial charge in [0.25, 0.3) is 0 Å². The van der Waals surface area contributed by atoms with E-state index in [9.17, 15) is 0 Å². The average Bonchev–Trinajstić information content (AvgIpc) is 2.24. The number of rotatable bonds is 0. The first-order valence-corrected chi connectivity index (χ1v) is 4.28. The Morgan fingerprint density at radius 1 is 1.50 bits per heavy atom. The SMILES string of the molecule is CC.CC1=CCSC1. The fourth-order valence-electron chi connectivity index (χ4n) is 0.480. The Hall–Kier alpha value is 0.0900. The predicted molar refractivity (Wildman–Crippen MR) is 42.4 cm³/mol. The smallest absolute Gasteiger partial charge is 0.0143 e. The molecule has 0 nitrogen and oxygen atoms in total. The van der Waals surface area contributed by atoms with E-state index in [1.807, 2.05) is 25.6 Å². The lowest BCUT2D eigenvalue weighted by atomic mass is 10.3. The highest BCUT2D eigenvalue weighted by Gasteiger charge is 1.95. The van der Waals surface area contributed by atoms with E-state index >= 15 is 0 Å². The van der Waals surface area contributed by atoms with E-state index in [-0.39, 0.29) is 0 Å². The minimum Gasteiger partial charge on any atom is -0.153 e. The van der Waals surface area contributed by atoms with Gasteiger partial charge in [-0.25, -0.2) is 0 Å². The van der Waals surface area contributed by atoms with Crippen LogP contribution in [0.25, 0.3) is 0 Å². The maximum atomic E-state index is 2.28.